The smallest absolute Gasteiger partial charge is 0.338 e. The zero-order valence-corrected chi connectivity index (χ0v) is 22.6. The number of hydrogen-bond donors (Lipinski definition) is 1. The zero-order valence-electron chi connectivity index (χ0n) is 21.0. The van der Waals surface area contributed by atoms with Crippen molar-refractivity contribution in [3.63, 3.8) is 0 Å². The van der Waals surface area contributed by atoms with Crippen molar-refractivity contribution in [2.45, 2.75) is 37.2 Å². The molecule has 0 spiro atoms. The van der Waals surface area contributed by atoms with E-state index >= 15 is 0 Å². The fourth-order valence-corrected chi connectivity index (χ4v) is 5.04. The van der Waals surface area contributed by atoms with E-state index in [4.69, 9.17) is 30.9 Å². The third-order valence-electron chi connectivity index (χ3n) is 5.67. The number of nitrogens with zero attached hydrogens (tertiary/aromatic N) is 3. The highest BCUT2D eigenvalue weighted by atomic mass is 35.5. The van der Waals surface area contributed by atoms with Crippen molar-refractivity contribution in [2.75, 3.05) is 25.6 Å². The van der Waals surface area contributed by atoms with Crippen LogP contribution in [0.25, 0.3) is 0 Å². The van der Waals surface area contributed by atoms with Gasteiger partial charge in [0.05, 0.1) is 19.3 Å². The molecule has 0 bridgehead atoms. The summed E-state index contributed by atoms with van der Waals surface area (Å²) in [6.07, 6.45) is 2.41. The Bertz CT molecular complexity index is 1320. The Balaban J connectivity index is 1.72. The van der Waals surface area contributed by atoms with Crippen LogP contribution in [0.4, 0.5) is 5.95 Å². The van der Waals surface area contributed by atoms with Gasteiger partial charge in [-0.3, -0.25) is 0 Å². The second-order valence-electron chi connectivity index (χ2n) is 8.25. The number of benzene rings is 2. The van der Waals surface area contributed by atoms with Crippen molar-refractivity contribution in [3.05, 3.63) is 82.5 Å². The molecule has 194 valence electrons. The lowest BCUT2D eigenvalue weighted by molar-refractivity contribution is -0.138. The number of ether oxygens (including phenoxy) is 3. The largest absolute Gasteiger partial charge is 0.493 e. The maximum Gasteiger partial charge on any atom is 0.338 e. The van der Waals surface area contributed by atoms with E-state index < -0.39 is 12.0 Å². The second kappa shape index (κ2) is 12.2. The maximum atomic E-state index is 13.2. The molecule has 1 N–H and O–H groups in total. The van der Waals surface area contributed by atoms with Gasteiger partial charge in [0.25, 0.3) is 0 Å². The predicted octanol–water partition coefficient (Wildman–Crippen LogP) is 6.04. The highest BCUT2D eigenvalue weighted by Crippen LogP contribution is 2.40. The van der Waals surface area contributed by atoms with Crippen LogP contribution in [-0.4, -0.2) is 41.1 Å². The average Bonchev–Trinajstić information content (AvgIpc) is 3.31. The molecule has 1 aliphatic rings. The molecular formula is C27H29ClN4O4S. The van der Waals surface area contributed by atoms with E-state index in [0.717, 1.165) is 17.5 Å². The number of anilines is 1. The first-order valence-electron chi connectivity index (χ1n) is 11.9. The Morgan fingerprint density at radius 1 is 1.27 bits per heavy atom. The van der Waals surface area contributed by atoms with Gasteiger partial charge in [0.1, 0.15) is 12.6 Å². The third-order valence-corrected chi connectivity index (χ3v) is 6.92. The summed E-state index contributed by atoms with van der Waals surface area (Å²) in [6, 6.07) is 12.7. The van der Waals surface area contributed by atoms with Gasteiger partial charge in [-0.1, -0.05) is 67.2 Å². The van der Waals surface area contributed by atoms with E-state index in [-0.39, 0.29) is 6.61 Å². The predicted molar refractivity (Wildman–Crippen MR) is 145 cm³/mol. The van der Waals surface area contributed by atoms with Gasteiger partial charge in [-0.15, -0.1) is 5.10 Å². The van der Waals surface area contributed by atoms with Gasteiger partial charge in [-0.05, 0) is 42.7 Å². The van der Waals surface area contributed by atoms with Crippen LogP contribution < -0.4 is 14.8 Å². The van der Waals surface area contributed by atoms with E-state index in [0.29, 0.717) is 51.3 Å². The number of aromatic nitrogens is 3. The van der Waals surface area contributed by atoms with Crippen molar-refractivity contribution in [2.24, 2.45) is 0 Å². The Morgan fingerprint density at radius 3 is 2.81 bits per heavy atom. The Hall–Kier alpha value is -3.43. The van der Waals surface area contributed by atoms with Gasteiger partial charge in [0.15, 0.2) is 11.5 Å². The summed E-state index contributed by atoms with van der Waals surface area (Å²) >= 11 is 7.79. The number of halogens is 1. The van der Waals surface area contributed by atoms with E-state index in [9.17, 15) is 4.79 Å². The number of nitrogens with one attached hydrogen (secondary N) is 1. The quantitative estimate of drug-likeness (QED) is 0.179. The molecule has 0 radical (unpaired) electrons. The number of rotatable bonds is 11. The van der Waals surface area contributed by atoms with Gasteiger partial charge in [-0.2, -0.15) is 4.98 Å². The van der Waals surface area contributed by atoms with Crippen LogP contribution in [0.3, 0.4) is 0 Å². The summed E-state index contributed by atoms with van der Waals surface area (Å²) in [4.78, 5) is 17.9. The molecule has 1 unspecified atom stereocenters. The minimum Gasteiger partial charge on any atom is -0.493 e. The summed E-state index contributed by atoms with van der Waals surface area (Å²) in [7, 11) is 1.59. The van der Waals surface area contributed by atoms with Crippen LogP contribution in [0.1, 0.15) is 37.4 Å². The molecule has 2 heterocycles. The Morgan fingerprint density at radius 2 is 2.08 bits per heavy atom. The highest BCUT2D eigenvalue weighted by molar-refractivity contribution is 7.98. The minimum absolute atomic E-state index is 0.0958. The average molecular weight is 541 g/mol. The number of fused-ring (bicyclic) bond motifs is 1. The zero-order chi connectivity index (χ0) is 26.4. The van der Waals surface area contributed by atoms with Gasteiger partial charge in [-0.25, -0.2) is 9.48 Å². The number of methoxy groups -OCH3 is 1. The first-order valence-corrected chi connectivity index (χ1v) is 13.2. The molecule has 1 aromatic heterocycles. The molecule has 0 fully saturated rings. The lowest BCUT2D eigenvalue weighted by Gasteiger charge is -2.28. The molecule has 1 aliphatic heterocycles. The van der Waals surface area contributed by atoms with Gasteiger partial charge < -0.3 is 19.5 Å². The lowest BCUT2D eigenvalue weighted by Crippen LogP contribution is -2.29. The SMILES string of the molecule is C=CCOC(=O)C1=C(C)Nc2nc(SCc3ccccc3Cl)nn2C1c1ccc(OCCC)c(OC)c1. The second-order valence-corrected chi connectivity index (χ2v) is 9.60. The molecule has 0 amide bonds. The third kappa shape index (κ3) is 5.94. The van der Waals surface area contributed by atoms with E-state index in [2.05, 4.69) is 16.9 Å². The molecule has 0 saturated heterocycles. The molecule has 10 heteroatoms. The number of allylic oxidation sites excluding steroid dienone is 1. The molecular weight excluding hydrogens is 512 g/mol. The molecule has 2 aromatic carbocycles. The number of carbonyl (C=O) groups excluding carboxylic acids is 1. The molecule has 3 aromatic rings. The van der Waals surface area contributed by atoms with E-state index in [1.165, 1.54) is 17.8 Å². The summed E-state index contributed by atoms with van der Waals surface area (Å²) in [5.74, 6) is 1.86. The van der Waals surface area contributed by atoms with Crippen molar-refractivity contribution in [1.82, 2.24) is 14.8 Å². The summed E-state index contributed by atoms with van der Waals surface area (Å²) in [5, 5.41) is 9.21. The van der Waals surface area contributed by atoms with Crippen molar-refractivity contribution >= 4 is 35.3 Å². The number of esters is 1. The molecule has 4 rings (SSSR count). The topological polar surface area (TPSA) is 87.5 Å². The van der Waals surface area contributed by atoms with Crippen LogP contribution in [-0.2, 0) is 15.3 Å². The Kier molecular flexibility index (Phi) is 8.78. The Labute approximate surface area is 225 Å². The van der Waals surface area contributed by atoms with Crippen molar-refractivity contribution in [3.8, 4) is 11.5 Å². The molecule has 37 heavy (non-hydrogen) atoms. The summed E-state index contributed by atoms with van der Waals surface area (Å²) in [5.41, 5.74) is 2.82. The maximum absolute atomic E-state index is 13.2. The van der Waals surface area contributed by atoms with Crippen molar-refractivity contribution < 1.29 is 19.0 Å². The first kappa shape index (κ1) is 26.6. The van der Waals surface area contributed by atoms with E-state index in [1.54, 1.807) is 11.8 Å². The van der Waals surface area contributed by atoms with Gasteiger partial charge >= 0.3 is 5.97 Å². The summed E-state index contributed by atoms with van der Waals surface area (Å²) in [6.45, 7) is 8.17. The fraction of sp³-hybridized carbons (Fsp3) is 0.296. The van der Waals surface area contributed by atoms with Crippen molar-refractivity contribution in [1.29, 1.82) is 0 Å². The molecule has 8 nitrogen and oxygen atoms in total. The number of carbonyl (C=O) groups is 1. The first-order chi connectivity index (χ1) is 18.0. The number of hydrogen-bond acceptors (Lipinski definition) is 8. The van der Waals surface area contributed by atoms with Crippen LogP contribution in [0.5, 0.6) is 11.5 Å². The lowest BCUT2D eigenvalue weighted by atomic mass is 9.95. The normalized spacial score (nSPS) is 14.5. The molecule has 0 saturated carbocycles. The fourth-order valence-electron chi connectivity index (χ4n) is 3.92. The summed E-state index contributed by atoms with van der Waals surface area (Å²) < 4.78 is 18.6. The standard InChI is InChI=1S/C27H29ClN4O4S/c1-5-13-35-21-12-11-18(15-22(21)34-4)24-23(25(33)36-14-6-2)17(3)29-26-30-27(31-32(24)26)37-16-19-9-7-8-10-20(19)28/h6-12,15,24H,2,5,13-14,16H2,1,3-4H3,(H,29,30,31). The minimum atomic E-state index is -0.593. The monoisotopic (exact) mass is 540 g/mol. The highest BCUT2D eigenvalue weighted by Gasteiger charge is 2.35. The molecule has 1 atom stereocenters. The molecule has 0 aliphatic carbocycles. The van der Waals surface area contributed by atoms with Crippen LogP contribution in [0, 0.1) is 0 Å². The number of thioether (sulfide) groups is 1. The van der Waals surface area contributed by atoms with Gasteiger partial charge in [0.2, 0.25) is 11.1 Å². The van der Waals surface area contributed by atoms with Crippen LogP contribution in [0.2, 0.25) is 5.02 Å². The van der Waals surface area contributed by atoms with Crippen LogP contribution in [0.15, 0.2) is 71.5 Å². The van der Waals surface area contributed by atoms with E-state index in [1.807, 2.05) is 56.3 Å². The van der Waals surface area contributed by atoms with Gasteiger partial charge in [0, 0.05) is 16.5 Å². The van der Waals surface area contributed by atoms with Crippen LogP contribution >= 0.6 is 23.4 Å².